The van der Waals surface area contributed by atoms with Crippen molar-refractivity contribution in [2.75, 3.05) is 5.75 Å². The Morgan fingerprint density at radius 3 is 2.12 bits per heavy atom. The monoisotopic (exact) mass is 130 g/mol. The van der Waals surface area contributed by atoms with Gasteiger partial charge < -0.3 is 0 Å². The zero-order valence-corrected chi connectivity index (χ0v) is 6.96. The van der Waals surface area contributed by atoms with Crippen LogP contribution in [0.4, 0.5) is 0 Å². The molecule has 0 aromatic heterocycles. The van der Waals surface area contributed by atoms with Crippen LogP contribution in [0.3, 0.4) is 0 Å². The Morgan fingerprint density at radius 1 is 1.50 bits per heavy atom. The highest BCUT2D eigenvalue weighted by atomic mass is 32.1. The molecule has 0 bridgehead atoms. The Bertz CT molecular complexity index is 61.5. The van der Waals surface area contributed by atoms with Crippen LogP contribution < -0.4 is 0 Å². The lowest BCUT2D eigenvalue weighted by Gasteiger charge is -2.20. The molecule has 0 aliphatic rings. The Labute approximate surface area is 58.9 Å². The van der Waals surface area contributed by atoms with Gasteiger partial charge in [-0.05, 0) is 11.2 Å². The average molecular weight is 130 g/mol. The van der Waals surface area contributed by atoms with Gasteiger partial charge in [0.2, 0.25) is 0 Å². The van der Waals surface area contributed by atoms with Crippen molar-refractivity contribution in [3.63, 3.8) is 0 Å². The van der Waals surface area contributed by atoms with Gasteiger partial charge in [0, 0.05) is 0 Å². The summed E-state index contributed by atoms with van der Waals surface area (Å²) in [6.07, 6.45) is 2.56. The van der Waals surface area contributed by atoms with E-state index < -0.39 is 0 Å². The molecule has 0 fully saturated rings. The molecule has 0 nitrogen and oxygen atoms in total. The van der Waals surface area contributed by atoms with E-state index in [0.29, 0.717) is 5.41 Å². The first-order chi connectivity index (χ1) is 3.62. The Balaban J connectivity index is 3.37. The molecular weight excluding hydrogens is 115 g/mol. The van der Waals surface area contributed by atoms with Crippen LogP contribution >= 0.6 is 12.6 Å². The minimum absolute atomic E-state index is 0.456. The van der Waals surface area contributed by atoms with Crippen LogP contribution in [0.5, 0.6) is 0 Å². The minimum Gasteiger partial charge on any atom is -0.179 e. The number of rotatable bonds is 3. The molecule has 0 N–H and O–H groups in total. The molecule has 0 saturated heterocycles. The molecule has 0 rings (SSSR count). The summed E-state index contributed by atoms with van der Waals surface area (Å²) < 4.78 is 0. The van der Waals surface area contributed by atoms with Crippen LogP contribution in [0.15, 0.2) is 0 Å². The van der Waals surface area contributed by atoms with Crippen molar-refractivity contribution >= 4 is 20.5 Å². The second-order valence-corrected chi connectivity index (χ2v) is 3.39. The Hall–Kier alpha value is 0.415. The molecule has 48 valence electrons. The quantitative estimate of drug-likeness (QED) is 0.433. The molecule has 0 aliphatic carbocycles. The topological polar surface area (TPSA) is 0 Å². The van der Waals surface area contributed by atoms with Crippen molar-refractivity contribution in [1.29, 1.82) is 0 Å². The van der Waals surface area contributed by atoms with Crippen LogP contribution in [0.1, 0.15) is 20.3 Å². The maximum atomic E-state index is 4.24. The van der Waals surface area contributed by atoms with Gasteiger partial charge >= 0.3 is 0 Å². The SMILES string of the molecule is BCCC(C)(C)CS. The van der Waals surface area contributed by atoms with Gasteiger partial charge in [-0.15, -0.1) is 0 Å². The highest BCUT2D eigenvalue weighted by Gasteiger charge is 2.12. The fourth-order valence-corrected chi connectivity index (χ4v) is 0.914. The summed E-state index contributed by atoms with van der Waals surface area (Å²) in [6, 6.07) is 0. The molecule has 8 heavy (non-hydrogen) atoms. The van der Waals surface area contributed by atoms with E-state index in [9.17, 15) is 0 Å². The second-order valence-electron chi connectivity index (χ2n) is 3.07. The first-order valence-electron chi connectivity index (χ1n) is 3.23. The van der Waals surface area contributed by atoms with Crippen molar-refractivity contribution in [3.8, 4) is 0 Å². The van der Waals surface area contributed by atoms with E-state index >= 15 is 0 Å². The Morgan fingerprint density at radius 2 is 2.00 bits per heavy atom. The van der Waals surface area contributed by atoms with E-state index in [1.165, 1.54) is 12.7 Å². The van der Waals surface area contributed by atoms with Gasteiger partial charge in [-0.25, -0.2) is 0 Å². The van der Waals surface area contributed by atoms with Crippen LogP contribution in [0, 0.1) is 5.41 Å². The summed E-state index contributed by atoms with van der Waals surface area (Å²) in [5.74, 6) is 1.00. The van der Waals surface area contributed by atoms with Gasteiger partial charge in [0.1, 0.15) is 7.85 Å². The average Bonchev–Trinajstić information content (AvgIpc) is 1.67. The summed E-state index contributed by atoms with van der Waals surface area (Å²) in [7, 11) is 2.21. The fourth-order valence-electron chi connectivity index (χ4n) is 0.756. The van der Waals surface area contributed by atoms with Crippen LogP contribution in [-0.4, -0.2) is 13.6 Å². The fraction of sp³-hybridized carbons (Fsp3) is 1.00. The van der Waals surface area contributed by atoms with Crippen molar-refractivity contribution in [2.45, 2.75) is 26.6 Å². The van der Waals surface area contributed by atoms with Crippen LogP contribution in [0.2, 0.25) is 6.32 Å². The third-order valence-electron chi connectivity index (χ3n) is 1.35. The van der Waals surface area contributed by atoms with Crippen LogP contribution in [0.25, 0.3) is 0 Å². The predicted molar refractivity (Wildman–Crippen MR) is 45.6 cm³/mol. The summed E-state index contributed by atoms with van der Waals surface area (Å²) >= 11 is 4.24. The summed E-state index contributed by atoms with van der Waals surface area (Å²) in [5, 5.41) is 0. The molecule has 0 radical (unpaired) electrons. The molecular formula is C6H15BS. The van der Waals surface area contributed by atoms with Crippen LogP contribution in [-0.2, 0) is 0 Å². The number of hydrogen-bond acceptors (Lipinski definition) is 1. The lowest BCUT2D eigenvalue weighted by atomic mass is 9.84. The van der Waals surface area contributed by atoms with Gasteiger partial charge in [-0.1, -0.05) is 26.6 Å². The Kier molecular flexibility index (Phi) is 3.62. The first-order valence-corrected chi connectivity index (χ1v) is 3.86. The van der Waals surface area contributed by atoms with Crippen molar-refractivity contribution in [2.24, 2.45) is 5.41 Å². The largest absolute Gasteiger partial charge is 0.179 e. The first kappa shape index (κ1) is 8.41. The highest BCUT2D eigenvalue weighted by molar-refractivity contribution is 7.80. The van der Waals surface area contributed by atoms with Crippen molar-refractivity contribution < 1.29 is 0 Å². The summed E-state index contributed by atoms with van der Waals surface area (Å²) in [4.78, 5) is 0. The molecule has 0 aliphatic heterocycles. The van der Waals surface area contributed by atoms with Gasteiger partial charge in [0.15, 0.2) is 0 Å². The van der Waals surface area contributed by atoms with E-state index in [4.69, 9.17) is 0 Å². The molecule has 0 unspecified atom stereocenters. The minimum atomic E-state index is 0.456. The van der Waals surface area contributed by atoms with Crippen molar-refractivity contribution in [1.82, 2.24) is 0 Å². The smallest absolute Gasteiger partial charge is 0.101 e. The van der Waals surface area contributed by atoms with E-state index in [2.05, 4.69) is 34.3 Å². The number of thiol groups is 1. The molecule has 0 heterocycles. The number of hydrogen-bond donors (Lipinski definition) is 1. The van der Waals surface area contributed by atoms with Crippen molar-refractivity contribution in [3.05, 3.63) is 0 Å². The van der Waals surface area contributed by atoms with E-state index in [0.717, 1.165) is 5.75 Å². The molecule has 0 amide bonds. The standard InChI is InChI=1S/C6H15BS/c1-6(2,5-8)3-4-7/h8H,3-5,7H2,1-2H3. The van der Waals surface area contributed by atoms with E-state index in [1.807, 2.05) is 0 Å². The predicted octanol–water partition coefficient (Wildman–Crippen LogP) is 1.38. The zero-order valence-electron chi connectivity index (χ0n) is 6.07. The normalized spacial score (nSPS) is 11.9. The second kappa shape index (κ2) is 3.44. The lowest BCUT2D eigenvalue weighted by molar-refractivity contribution is 0.409. The van der Waals surface area contributed by atoms with Gasteiger partial charge in [-0.3, -0.25) is 0 Å². The van der Waals surface area contributed by atoms with Gasteiger partial charge in [0.05, 0.1) is 0 Å². The highest BCUT2D eigenvalue weighted by Crippen LogP contribution is 2.22. The molecule has 0 aromatic carbocycles. The van der Waals surface area contributed by atoms with Gasteiger partial charge in [0.25, 0.3) is 0 Å². The summed E-state index contributed by atoms with van der Waals surface area (Å²) in [6.45, 7) is 4.51. The molecule has 0 saturated carbocycles. The zero-order chi connectivity index (χ0) is 6.62. The van der Waals surface area contributed by atoms with E-state index in [-0.39, 0.29) is 0 Å². The lowest BCUT2D eigenvalue weighted by Crippen LogP contribution is -2.12. The maximum absolute atomic E-state index is 4.24. The van der Waals surface area contributed by atoms with Gasteiger partial charge in [-0.2, -0.15) is 12.6 Å². The molecule has 2 heteroatoms. The summed E-state index contributed by atoms with van der Waals surface area (Å²) in [5.41, 5.74) is 0.456. The molecule has 0 spiro atoms. The maximum Gasteiger partial charge on any atom is 0.101 e. The van der Waals surface area contributed by atoms with E-state index in [1.54, 1.807) is 0 Å². The molecule has 0 aromatic rings. The third-order valence-corrected chi connectivity index (χ3v) is 2.21. The molecule has 0 atom stereocenters. The third kappa shape index (κ3) is 3.42.